The summed E-state index contributed by atoms with van der Waals surface area (Å²) >= 11 is 0. The SMILES string of the molecule is CC(Nc1nc(Nc2cc(-c3ccccc3F)[nH]n2)nc(C2CC2)n1)c1ccc(F)cc1F. The molecule has 3 N–H and O–H groups in total. The average Bonchev–Trinajstić information content (AvgIpc) is 3.53. The van der Waals surface area contributed by atoms with Gasteiger partial charge in [0.1, 0.15) is 23.3 Å². The van der Waals surface area contributed by atoms with Crippen LogP contribution in [0.15, 0.2) is 48.5 Å². The van der Waals surface area contributed by atoms with Gasteiger partial charge in [-0.1, -0.05) is 18.2 Å². The molecular weight excluding hydrogens is 431 g/mol. The summed E-state index contributed by atoms with van der Waals surface area (Å²) in [5, 5.41) is 13.1. The van der Waals surface area contributed by atoms with Crippen molar-refractivity contribution in [3.05, 3.63) is 77.4 Å². The molecule has 5 rings (SSSR count). The van der Waals surface area contributed by atoms with E-state index < -0.39 is 17.7 Å². The zero-order valence-corrected chi connectivity index (χ0v) is 17.6. The van der Waals surface area contributed by atoms with Crippen molar-refractivity contribution in [1.82, 2.24) is 25.1 Å². The fourth-order valence-electron chi connectivity index (χ4n) is 3.48. The summed E-state index contributed by atoms with van der Waals surface area (Å²) in [5.41, 5.74) is 1.19. The number of aromatic nitrogens is 5. The molecule has 0 spiro atoms. The van der Waals surface area contributed by atoms with Gasteiger partial charge in [-0.3, -0.25) is 5.10 Å². The minimum absolute atomic E-state index is 0.236. The van der Waals surface area contributed by atoms with E-state index in [9.17, 15) is 13.2 Å². The third-order valence-corrected chi connectivity index (χ3v) is 5.35. The molecule has 1 aliphatic rings. The van der Waals surface area contributed by atoms with Crippen molar-refractivity contribution < 1.29 is 13.2 Å². The molecule has 1 aliphatic carbocycles. The lowest BCUT2D eigenvalue weighted by atomic mass is 10.1. The zero-order valence-electron chi connectivity index (χ0n) is 17.6. The minimum atomic E-state index is -0.651. The molecule has 1 fully saturated rings. The molecule has 2 heterocycles. The van der Waals surface area contributed by atoms with Crippen LogP contribution in [0, 0.1) is 17.5 Å². The van der Waals surface area contributed by atoms with E-state index in [0.717, 1.165) is 18.9 Å². The Morgan fingerprint density at radius 2 is 1.73 bits per heavy atom. The number of hydrogen-bond donors (Lipinski definition) is 3. The number of H-pyrrole nitrogens is 1. The normalized spacial score (nSPS) is 14.2. The molecule has 4 aromatic rings. The molecular formula is C23H20F3N7. The first kappa shape index (κ1) is 20.9. The van der Waals surface area contributed by atoms with Crippen LogP contribution in [-0.4, -0.2) is 25.1 Å². The van der Waals surface area contributed by atoms with E-state index >= 15 is 0 Å². The van der Waals surface area contributed by atoms with Crippen molar-refractivity contribution in [3.63, 3.8) is 0 Å². The number of rotatable bonds is 7. The largest absolute Gasteiger partial charge is 0.347 e. The molecule has 0 bridgehead atoms. The Morgan fingerprint density at radius 1 is 0.939 bits per heavy atom. The first-order valence-corrected chi connectivity index (χ1v) is 10.5. The number of aromatic amines is 1. The second-order valence-electron chi connectivity index (χ2n) is 7.92. The van der Waals surface area contributed by atoms with Gasteiger partial charge >= 0.3 is 0 Å². The number of halogens is 3. The number of nitrogens with one attached hydrogen (secondary N) is 3. The molecule has 1 saturated carbocycles. The quantitative estimate of drug-likeness (QED) is 0.345. The maximum Gasteiger partial charge on any atom is 0.233 e. The fourth-order valence-corrected chi connectivity index (χ4v) is 3.48. The van der Waals surface area contributed by atoms with Gasteiger partial charge in [0.25, 0.3) is 0 Å². The van der Waals surface area contributed by atoms with Gasteiger partial charge in [0, 0.05) is 29.2 Å². The van der Waals surface area contributed by atoms with Crippen LogP contribution in [0.25, 0.3) is 11.3 Å². The Labute approximate surface area is 187 Å². The highest BCUT2D eigenvalue weighted by atomic mass is 19.1. The molecule has 2 aromatic carbocycles. The van der Waals surface area contributed by atoms with E-state index in [2.05, 4.69) is 35.8 Å². The molecule has 10 heteroatoms. The van der Waals surface area contributed by atoms with E-state index in [1.807, 2.05) is 0 Å². The van der Waals surface area contributed by atoms with Crippen molar-refractivity contribution in [3.8, 4) is 11.3 Å². The summed E-state index contributed by atoms with van der Waals surface area (Å²) in [7, 11) is 0. The topological polar surface area (TPSA) is 91.4 Å². The van der Waals surface area contributed by atoms with E-state index in [1.54, 1.807) is 31.2 Å². The van der Waals surface area contributed by atoms with Crippen LogP contribution in [0.1, 0.15) is 43.1 Å². The molecule has 0 radical (unpaired) electrons. The Hall–Kier alpha value is -3.95. The Bertz CT molecular complexity index is 1300. The van der Waals surface area contributed by atoms with Gasteiger partial charge in [-0.15, -0.1) is 0 Å². The highest BCUT2D eigenvalue weighted by molar-refractivity contribution is 5.65. The zero-order chi connectivity index (χ0) is 22.9. The molecule has 0 aliphatic heterocycles. The summed E-state index contributed by atoms with van der Waals surface area (Å²) in [6.07, 6.45) is 1.95. The smallest absolute Gasteiger partial charge is 0.233 e. The average molecular weight is 451 g/mol. The monoisotopic (exact) mass is 451 g/mol. The van der Waals surface area contributed by atoms with Crippen molar-refractivity contribution >= 4 is 17.7 Å². The van der Waals surface area contributed by atoms with Crippen LogP contribution in [0.4, 0.5) is 30.9 Å². The van der Waals surface area contributed by atoms with Crippen molar-refractivity contribution in [2.24, 2.45) is 0 Å². The summed E-state index contributed by atoms with van der Waals surface area (Å²) in [5.74, 6) is 0.124. The molecule has 0 saturated heterocycles. The lowest BCUT2D eigenvalue weighted by molar-refractivity contribution is 0.566. The van der Waals surface area contributed by atoms with Crippen molar-refractivity contribution in [2.75, 3.05) is 10.6 Å². The Morgan fingerprint density at radius 3 is 2.48 bits per heavy atom. The first-order chi connectivity index (χ1) is 16.0. The Balaban J connectivity index is 1.39. The van der Waals surface area contributed by atoms with Crippen LogP contribution in [0.5, 0.6) is 0 Å². The third kappa shape index (κ3) is 4.64. The maximum absolute atomic E-state index is 14.2. The predicted octanol–water partition coefficient (Wildman–Crippen LogP) is 5.47. The molecule has 1 atom stereocenters. The second-order valence-corrected chi connectivity index (χ2v) is 7.92. The van der Waals surface area contributed by atoms with Gasteiger partial charge < -0.3 is 10.6 Å². The molecule has 2 aromatic heterocycles. The van der Waals surface area contributed by atoms with Crippen LogP contribution >= 0.6 is 0 Å². The summed E-state index contributed by atoms with van der Waals surface area (Å²) in [6.45, 7) is 1.73. The minimum Gasteiger partial charge on any atom is -0.347 e. The van der Waals surface area contributed by atoms with Gasteiger partial charge in [-0.05, 0) is 38.0 Å². The fraction of sp³-hybridized carbons (Fsp3) is 0.217. The molecule has 33 heavy (non-hydrogen) atoms. The van der Waals surface area contributed by atoms with Crippen LogP contribution in [0.3, 0.4) is 0 Å². The number of hydrogen-bond acceptors (Lipinski definition) is 6. The third-order valence-electron chi connectivity index (χ3n) is 5.35. The summed E-state index contributed by atoms with van der Waals surface area (Å²) in [4.78, 5) is 13.3. The standard InChI is InChI=1S/C23H20F3N7/c1-12(15-9-8-14(24)10-18(15)26)27-22-29-21(13-6-7-13)30-23(31-22)28-20-11-19(32-33-20)16-4-2-3-5-17(16)25/h2-5,8-13H,6-7H2,1H3,(H3,27,28,29,30,31,32,33). The van der Waals surface area contributed by atoms with Crippen molar-refractivity contribution in [1.29, 1.82) is 0 Å². The highest BCUT2D eigenvalue weighted by Gasteiger charge is 2.28. The van der Waals surface area contributed by atoms with E-state index in [1.165, 1.54) is 18.2 Å². The van der Waals surface area contributed by atoms with Crippen LogP contribution < -0.4 is 10.6 Å². The lowest BCUT2D eigenvalue weighted by Gasteiger charge is -2.16. The Kier molecular flexibility index (Phi) is 5.41. The van der Waals surface area contributed by atoms with E-state index in [-0.39, 0.29) is 23.6 Å². The maximum atomic E-state index is 14.2. The van der Waals surface area contributed by atoms with Gasteiger partial charge in [-0.2, -0.15) is 20.1 Å². The van der Waals surface area contributed by atoms with Gasteiger partial charge in [0.15, 0.2) is 5.82 Å². The van der Waals surface area contributed by atoms with Crippen molar-refractivity contribution in [2.45, 2.75) is 31.7 Å². The molecule has 7 nitrogen and oxygen atoms in total. The summed E-state index contributed by atoms with van der Waals surface area (Å²) < 4.78 is 41.5. The van der Waals surface area contributed by atoms with Crippen LogP contribution in [-0.2, 0) is 0 Å². The molecule has 0 amide bonds. The highest BCUT2D eigenvalue weighted by Crippen LogP contribution is 2.39. The molecule has 1 unspecified atom stereocenters. The van der Waals surface area contributed by atoms with Gasteiger partial charge in [0.05, 0.1) is 11.7 Å². The second kappa shape index (κ2) is 8.53. The van der Waals surface area contributed by atoms with Crippen LogP contribution in [0.2, 0.25) is 0 Å². The summed E-state index contributed by atoms with van der Waals surface area (Å²) in [6, 6.07) is 11.0. The van der Waals surface area contributed by atoms with E-state index in [4.69, 9.17) is 0 Å². The van der Waals surface area contributed by atoms with Gasteiger partial charge in [0.2, 0.25) is 11.9 Å². The predicted molar refractivity (Wildman–Crippen MR) is 117 cm³/mol. The lowest BCUT2D eigenvalue weighted by Crippen LogP contribution is -2.14. The number of nitrogens with zero attached hydrogens (tertiary/aromatic N) is 4. The van der Waals surface area contributed by atoms with E-state index in [0.29, 0.717) is 28.5 Å². The first-order valence-electron chi connectivity index (χ1n) is 10.5. The van der Waals surface area contributed by atoms with Gasteiger partial charge in [-0.25, -0.2) is 13.2 Å². The molecule has 168 valence electrons. The number of benzene rings is 2. The number of anilines is 3.